The first kappa shape index (κ1) is 23.5. The third kappa shape index (κ3) is 4.99. The minimum atomic E-state index is -0.784. The molecular formula is C24H25ClN2O5S. The van der Waals surface area contributed by atoms with Crippen LogP contribution in [0.25, 0.3) is 11.1 Å². The van der Waals surface area contributed by atoms with Crippen LogP contribution in [-0.4, -0.2) is 45.6 Å². The number of imidazole rings is 1. The summed E-state index contributed by atoms with van der Waals surface area (Å²) in [6.07, 6.45) is 4.48. The number of hydrogen-bond donors (Lipinski definition) is 2. The molecule has 7 nitrogen and oxygen atoms in total. The zero-order chi connectivity index (χ0) is 23.5. The number of rotatable bonds is 8. The van der Waals surface area contributed by atoms with Crippen LogP contribution in [0.4, 0.5) is 0 Å². The maximum atomic E-state index is 12.5. The summed E-state index contributed by atoms with van der Waals surface area (Å²) >= 11 is 7.58. The Morgan fingerprint density at radius 2 is 2.12 bits per heavy atom. The maximum Gasteiger partial charge on any atom is 0.351 e. The van der Waals surface area contributed by atoms with Gasteiger partial charge in [0.25, 0.3) is 0 Å². The van der Waals surface area contributed by atoms with Gasteiger partial charge in [0.1, 0.15) is 23.2 Å². The normalized spacial score (nSPS) is 14.9. The van der Waals surface area contributed by atoms with E-state index in [9.17, 15) is 15.0 Å². The first-order valence-electron chi connectivity index (χ1n) is 10.6. The smallest absolute Gasteiger partial charge is 0.351 e. The van der Waals surface area contributed by atoms with E-state index in [1.54, 1.807) is 18.5 Å². The molecule has 3 aromatic rings. The predicted octanol–water partition coefficient (Wildman–Crippen LogP) is 4.59. The largest absolute Gasteiger partial charge is 0.484 e. The Labute approximate surface area is 200 Å². The summed E-state index contributed by atoms with van der Waals surface area (Å²) in [4.78, 5) is 17.4. The summed E-state index contributed by atoms with van der Waals surface area (Å²) in [5.41, 5.74) is 3.69. The molecule has 4 rings (SSSR count). The molecule has 174 valence electrons. The van der Waals surface area contributed by atoms with E-state index >= 15 is 0 Å². The third-order valence-corrected chi connectivity index (χ3v) is 7.00. The Morgan fingerprint density at radius 3 is 2.85 bits per heavy atom. The number of esters is 1. The van der Waals surface area contributed by atoms with E-state index in [4.69, 9.17) is 21.1 Å². The SMILES string of the molecule is COC(=O)c1sc(-n2cnc3c2C=C(CC(O)CO)CC3)cc1O[C@H](C)c1ccccc1Cl. The molecule has 0 saturated heterocycles. The molecule has 1 aliphatic carbocycles. The van der Waals surface area contributed by atoms with Crippen LogP contribution in [0.3, 0.4) is 0 Å². The number of aliphatic hydroxyl groups excluding tert-OH is 2. The highest BCUT2D eigenvalue weighted by Gasteiger charge is 2.25. The number of carbonyl (C=O) groups is 1. The number of aromatic nitrogens is 2. The molecule has 1 aliphatic rings. The van der Waals surface area contributed by atoms with Gasteiger partial charge in [-0.15, -0.1) is 11.3 Å². The van der Waals surface area contributed by atoms with Crippen molar-refractivity contribution in [3.63, 3.8) is 0 Å². The summed E-state index contributed by atoms with van der Waals surface area (Å²) < 4.78 is 13.0. The summed E-state index contributed by atoms with van der Waals surface area (Å²) in [7, 11) is 1.34. The molecule has 1 aromatic carbocycles. The third-order valence-electron chi connectivity index (χ3n) is 5.56. The van der Waals surface area contributed by atoms with Crippen molar-refractivity contribution >= 4 is 35.0 Å². The van der Waals surface area contributed by atoms with E-state index < -0.39 is 12.1 Å². The highest BCUT2D eigenvalue weighted by molar-refractivity contribution is 7.16. The van der Waals surface area contributed by atoms with Gasteiger partial charge in [0, 0.05) is 16.7 Å². The van der Waals surface area contributed by atoms with Crippen molar-refractivity contribution < 1.29 is 24.5 Å². The van der Waals surface area contributed by atoms with Crippen molar-refractivity contribution in [2.75, 3.05) is 13.7 Å². The van der Waals surface area contributed by atoms with Gasteiger partial charge in [-0.3, -0.25) is 4.57 Å². The van der Waals surface area contributed by atoms with Crippen LogP contribution in [-0.2, 0) is 11.2 Å². The fourth-order valence-corrected chi connectivity index (χ4v) is 5.13. The molecule has 1 unspecified atom stereocenters. The van der Waals surface area contributed by atoms with Gasteiger partial charge in [0.2, 0.25) is 0 Å². The second-order valence-electron chi connectivity index (χ2n) is 7.84. The van der Waals surface area contributed by atoms with Gasteiger partial charge in [0.05, 0.1) is 31.2 Å². The summed E-state index contributed by atoms with van der Waals surface area (Å²) in [6.45, 7) is 1.60. The number of aliphatic hydroxyl groups is 2. The van der Waals surface area contributed by atoms with Gasteiger partial charge < -0.3 is 19.7 Å². The van der Waals surface area contributed by atoms with E-state index in [1.807, 2.05) is 35.8 Å². The second kappa shape index (κ2) is 10.1. The fraction of sp³-hybridized carbons (Fsp3) is 0.333. The van der Waals surface area contributed by atoms with Crippen LogP contribution in [0.1, 0.15) is 52.5 Å². The quantitative estimate of drug-likeness (QED) is 0.450. The second-order valence-corrected chi connectivity index (χ2v) is 9.28. The lowest BCUT2D eigenvalue weighted by atomic mass is 9.95. The monoisotopic (exact) mass is 488 g/mol. The number of benzene rings is 1. The number of aryl methyl sites for hydroxylation is 1. The molecule has 0 bridgehead atoms. The summed E-state index contributed by atoms with van der Waals surface area (Å²) in [5, 5.41) is 20.4. The number of nitrogens with zero attached hydrogens (tertiary/aromatic N) is 2. The Kier molecular flexibility index (Phi) is 7.19. The zero-order valence-electron chi connectivity index (χ0n) is 18.3. The van der Waals surface area contributed by atoms with Crippen LogP contribution in [0.5, 0.6) is 5.75 Å². The molecule has 2 heterocycles. The summed E-state index contributed by atoms with van der Waals surface area (Å²) in [6, 6.07) is 9.22. The topological polar surface area (TPSA) is 93.8 Å². The molecular weight excluding hydrogens is 464 g/mol. The van der Waals surface area contributed by atoms with Crippen molar-refractivity contribution in [3.8, 4) is 10.8 Å². The van der Waals surface area contributed by atoms with Crippen molar-refractivity contribution in [2.24, 2.45) is 0 Å². The van der Waals surface area contributed by atoms with Crippen molar-refractivity contribution in [2.45, 2.75) is 38.4 Å². The summed E-state index contributed by atoms with van der Waals surface area (Å²) in [5.74, 6) is -0.0728. The van der Waals surface area contributed by atoms with Crippen molar-refractivity contribution in [3.05, 3.63) is 69.1 Å². The fourth-order valence-electron chi connectivity index (χ4n) is 3.85. The van der Waals surface area contributed by atoms with E-state index in [0.717, 1.165) is 40.4 Å². The van der Waals surface area contributed by atoms with Gasteiger partial charge in [-0.05, 0) is 38.3 Å². The van der Waals surface area contributed by atoms with Crippen LogP contribution in [0.2, 0.25) is 5.02 Å². The molecule has 0 fully saturated rings. The molecule has 0 spiro atoms. The van der Waals surface area contributed by atoms with E-state index in [1.165, 1.54) is 18.4 Å². The van der Waals surface area contributed by atoms with Gasteiger partial charge in [-0.1, -0.05) is 35.4 Å². The highest BCUT2D eigenvalue weighted by atomic mass is 35.5. The van der Waals surface area contributed by atoms with Crippen LogP contribution in [0, 0.1) is 0 Å². The van der Waals surface area contributed by atoms with Crippen LogP contribution in [0.15, 0.2) is 42.2 Å². The van der Waals surface area contributed by atoms with Crippen LogP contribution < -0.4 is 4.74 Å². The zero-order valence-corrected chi connectivity index (χ0v) is 19.9. The van der Waals surface area contributed by atoms with Gasteiger partial charge in [0.15, 0.2) is 4.88 Å². The van der Waals surface area contributed by atoms with Gasteiger partial charge in [-0.25, -0.2) is 9.78 Å². The Morgan fingerprint density at radius 1 is 1.33 bits per heavy atom. The van der Waals surface area contributed by atoms with Gasteiger partial charge >= 0.3 is 5.97 Å². The number of fused-ring (bicyclic) bond motifs is 1. The van der Waals surface area contributed by atoms with Crippen molar-refractivity contribution in [1.29, 1.82) is 0 Å². The Hall–Kier alpha value is -2.65. The maximum absolute atomic E-state index is 12.5. The molecule has 0 aliphatic heterocycles. The number of halogens is 1. The van der Waals surface area contributed by atoms with E-state index in [2.05, 4.69) is 4.98 Å². The first-order chi connectivity index (χ1) is 15.9. The van der Waals surface area contributed by atoms with Gasteiger partial charge in [-0.2, -0.15) is 0 Å². The number of thiophene rings is 1. The predicted molar refractivity (Wildman–Crippen MR) is 127 cm³/mol. The molecule has 2 N–H and O–H groups in total. The lowest BCUT2D eigenvalue weighted by Gasteiger charge is -2.16. The van der Waals surface area contributed by atoms with E-state index in [-0.39, 0.29) is 12.7 Å². The Bertz CT molecular complexity index is 1190. The Balaban J connectivity index is 1.68. The minimum absolute atomic E-state index is 0.277. The first-order valence-corrected chi connectivity index (χ1v) is 11.8. The minimum Gasteiger partial charge on any atom is -0.484 e. The molecule has 0 radical (unpaired) electrons. The molecule has 2 aromatic heterocycles. The number of hydrogen-bond acceptors (Lipinski definition) is 7. The average molecular weight is 489 g/mol. The molecule has 0 amide bonds. The lowest BCUT2D eigenvalue weighted by Crippen LogP contribution is -2.14. The molecule has 9 heteroatoms. The molecule has 33 heavy (non-hydrogen) atoms. The molecule has 0 saturated carbocycles. The number of ether oxygens (including phenoxy) is 2. The molecule has 2 atom stereocenters. The number of methoxy groups -OCH3 is 1. The highest BCUT2D eigenvalue weighted by Crippen LogP contribution is 2.38. The van der Waals surface area contributed by atoms with Crippen LogP contribution >= 0.6 is 22.9 Å². The lowest BCUT2D eigenvalue weighted by molar-refractivity contribution is 0.0600. The van der Waals surface area contributed by atoms with E-state index in [0.29, 0.717) is 22.1 Å². The standard InChI is InChI=1S/C24H25ClN2O5S/c1-14(17-5-3-4-6-18(17)25)32-21-11-22(33-23(21)24(30)31-2)27-13-26-19-8-7-15(10-20(19)27)9-16(29)12-28/h3-6,10-11,13-14,16,28-29H,7-9,12H2,1-2H3/t14-,16?/m1/s1. The van der Waals surface area contributed by atoms with Crippen molar-refractivity contribution in [1.82, 2.24) is 9.55 Å². The number of carbonyl (C=O) groups excluding carboxylic acids is 1. The average Bonchev–Trinajstić information content (AvgIpc) is 3.42.